The van der Waals surface area contributed by atoms with Crippen molar-refractivity contribution >= 4 is 23.3 Å². The molecule has 0 bridgehead atoms. The minimum Gasteiger partial charge on any atom is -0.466 e. The number of nitrogens with one attached hydrogen (secondary N) is 1. The van der Waals surface area contributed by atoms with Gasteiger partial charge in [0.05, 0.1) is 13.0 Å². The maximum Gasteiger partial charge on any atom is 0.500 e. The van der Waals surface area contributed by atoms with Gasteiger partial charge in [-0.2, -0.15) is 0 Å². The van der Waals surface area contributed by atoms with Crippen molar-refractivity contribution in [1.29, 1.82) is 0 Å². The largest absolute Gasteiger partial charge is 0.500 e. The number of rotatable bonds is 16. The predicted molar refractivity (Wildman–Crippen MR) is 99.7 cm³/mol. The summed E-state index contributed by atoms with van der Waals surface area (Å²) in [6, 6.07) is 1.53. The van der Waals surface area contributed by atoms with Gasteiger partial charge in [0.2, 0.25) is 0 Å². The van der Waals surface area contributed by atoms with Crippen molar-refractivity contribution in [3.05, 3.63) is 0 Å². The molecule has 0 rings (SSSR count). The molecule has 0 radical (unpaired) electrons. The Morgan fingerprint density at radius 2 is 1.44 bits per heavy atom. The molecule has 0 fully saturated rings. The van der Waals surface area contributed by atoms with E-state index >= 15 is 0 Å². The second-order valence-electron chi connectivity index (χ2n) is 5.77. The van der Waals surface area contributed by atoms with Crippen LogP contribution in [-0.4, -0.2) is 78.6 Å². The van der Waals surface area contributed by atoms with E-state index in [0.29, 0.717) is 19.6 Å². The van der Waals surface area contributed by atoms with Crippen molar-refractivity contribution in [3.63, 3.8) is 0 Å². The smallest absolute Gasteiger partial charge is 0.466 e. The minimum atomic E-state index is -2.49. The van der Waals surface area contributed by atoms with Crippen LogP contribution in [0.25, 0.3) is 0 Å². The van der Waals surface area contributed by atoms with Crippen LogP contribution in [0.15, 0.2) is 0 Å². The maximum atomic E-state index is 11.7. The fourth-order valence-corrected chi connectivity index (χ4v) is 5.32. The Hall–Kier alpha value is -0.336. The fourth-order valence-electron chi connectivity index (χ4n) is 2.24. The standard InChI is InChI=1S/C15H35NO7Si2/c1-18-24(6,19-2)13-8-12-23-15(17)9-11-16-10-7-14-25(20-3,21-4)22-5/h16H,7-14H2,1-6H3. The van der Waals surface area contributed by atoms with E-state index in [1.165, 1.54) is 0 Å². The molecule has 0 aromatic rings. The third-order valence-electron chi connectivity index (χ3n) is 4.18. The highest BCUT2D eigenvalue weighted by atomic mass is 28.4. The Morgan fingerprint density at radius 1 is 0.840 bits per heavy atom. The number of hydrogen-bond acceptors (Lipinski definition) is 8. The first kappa shape index (κ1) is 24.7. The molecule has 0 aliphatic carbocycles. The zero-order valence-corrected chi connectivity index (χ0v) is 18.5. The van der Waals surface area contributed by atoms with Crippen molar-refractivity contribution in [2.45, 2.75) is 37.9 Å². The number of esters is 1. The predicted octanol–water partition coefficient (Wildman–Crippen LogP) is 1.53. The van der Waals surface area contributed by atoms with Crippen LogP contribution in [0.4, 0.5) is 0 Å². The van der Waals surface area contributed by atoms with E-state index in [1.807, 2.05) is 6.55 Å². The zero-order valence-electron chi connectivity index (χ0n) is 16.5. The molecule has 0 heterocycles. The Labute approximate surface area is 154 Å². The molecule has 150 valence electrons. The van der Waals surface area contributed by atoms with E-state index in [9.17, 15) is 4.79 Å². The molecule has 0 atom stereocenters. The molecule has 0 spiro atoms. The summed E-state index contributed by atoms with van der Waals surface area (Å²) in [5.74, 6) is -0.194. The monoisotopic (exact) mass is 397 g/mol. The lowest BCUT2D eigenvalue weighted by atomic mass is 10.4. The van der Waals surface area contributed by atoms with Crippen LogP contribution in [0.1, 0.15) is 19.3 Å². The van der Waals surface area contributed by atoms with E-state index in [1.54, 1.807) is 35.5 Å². The molecular weight excluding hydrogens is 362 g/mol. The van der Waals surface area contributed by atoms with Gasteiger partial charge in [-0.15, -0.1) is 0 Å². The average molecular weight is 398 g/mol. The van der Waals surface area contributed by atoms with E-state index < -0.39 is 17.4 Å². The first-order valence-corrected chi connectivity index (χ1v) is 13.0. The number of ether oxygens (including phenoxy) is 1. The maximum absolute atomic E-state index is 11.7. The lowest BCUT2D eigenvalue weighted by Gasteiger charge is -2.24. The molecule has 0 saturated heterocycles. The summed E-state index contributed by atoms with van der Waals surface area (Å²) in [5, 5.41) is 3.22. The first-order chi connectivity index (χ1) is 11.9. The fraction of sp³-hybridized carbons (Fsp3) is 0.933. The minimum absolute atomic E-state index is 0.194. The van der Waals surface area contributed by atoms with Gasteiger partial charge in [-0.05, 0) is 32.0 Å². The zero-order chi connectivity index (χ0) is 19.2. The van der Waals surface area contributed by atoms with Gasteiger partial charge in [0.25, 0.3) is 0 Å². The molecule has 1 N–H and O–H groups in total. The molecular formula is C15H35NO7Si2. The summed E-state index contributed by atoms with van der Waals surface area (Å²) >= 11 is 0. The number of hydrogen-bond donors (Lipinski definition) is 1. The molecule has 0 aromatic carbocycles. The lowest BCUT2D eigenvalue weighted by Crippen LogP contribution is -2.43. The van der Waals surface area contributed by atoms with Crippen molar-refractivity contribution in [2.24, 2.45) is 0 Å². The summed E-state index contributed by atoms with van der Waals surface area (Å²) < 4.78 is 32.1. The lowest BCUT2D eigenvalue weighted by molar-refractivity contribution is -0.143. The Balaban J connectivity index is 3.68. The van der Waals surface area contributed by atoms with Crippen LogP contribution in [-0.2, 0) is 31.7 Å². The van der Waals surface area contributed by atoms with Gasteiger partial charge in [-0.25, -0.2) is 0 Å². The Morgan fingerprint density at radius 3 is 1.96 bits per heavy atom. The van der Waals surface area contributed by atoms with Gasteiger partial charge >= 0.3 is 23.3 Å². The summed E-state index contributed by atoms with van der Waals surface area (Å²) in [7, 11) is 3.57. The van der Waals surface area contributed by atoms with E-state index in [0.717, 1.165) is 31.5 Å². The molecule has 8 nitrogen and oxygen atoms in total. The quantitative estimate of drug-likeness (QED) is 0.238. The third kappa shape index (κ3) is 10.4. The van der Waals surface area contributed by atoms with Crippen LogP contribution in [0, 0.1) is 0 Å². The first-order valence-electron chi connectivity index (χ1n) is 8.53. The summed E-state index contributed by atoms with van der Waals surface area (Å²) in [4.78, 5) is 11.7. The van der Waals surface area contributed by atoms with Gasteiger partial charge < -0.3 is 32.2 Å². The van der Waals surface area contributed by atoms with Crippen LogP contribution in [0.2, 0.25) is 18.6 Å². The van der Waals surface area contributed by atoms with Gasteiger partial charge in [0, 0.05) is 48.1 Å². The number of carbonyl (C=O) groups excluding carboxylic acids is 1. The normalized spacial score (nSPS) is 12.4. The second-order valence-corrected chi connectivity index (χ2v) is 12.4. The van der Waals surface area contributed by atoms with Crippen molar-refractivity contribution in [1.82, 2.24) is 5.32 Å². The van der Waals surface area contributed by atoms with Gasteiger partial charge in [0.15, 0.2) is 0 Å². The molecule has 0 aromatic heterocycles. The van der Waals surface area contributed by atoms with Crippen LogP contribution in [0.3, 0.4) is 0 Å². The average Bonchev–Trinajstić information content (AvgIpc) is 2.65. The number of carbonyl (C=O) groups is 1. The van der Waals surface area contributed by atoms with E-state index in [-0.39, 0.29) is 5.97 Å². The molecule has 0 amide bonds. The van der Waals surface area contributed by atoms with E-state index in [4.69, 9.17) is 26.9 Å². The Bertz CT molecular complexity index is 345. The third-order valence-corrected chi connectivity index (χ3v) is 10.00. The molecule has 10 heteroatoms. The van der Waals surface area contributed by atoms with Crippen LogP contribution < -0.4 is 5.32 Å². The highest BCUT2D eigenvalue weighted by Crippen LogP contribution is 2.14. The van der Waals surface area contributed by atoms with Crippen molar-refractivity contribution in [2.75, 3.05) is 55.2 Å². The summed E-state index contributed by atoms with van der Waals surface area (Å²) in [5.41, 5.74) is 0. The van der Waals surface area contributed by atoms with Crippen molar-refractivity contribution in [3.8, 4) is 0 Å². The molecule has 0 unspecified atom stereocenters. The molecule has 25 heavy (non-hydrogen) atoms. The molecule has 0 saturated carbocycles. The Kier molecular flexibility index (Phi) is 13.6. The SMILES string of the molecule is CO[Si](C)(CCCOC(=O)CCNCCC[Si](OC)(OC)OC)OC. The van der Waals surface area contributed by atoms with Gasteiger partial charge in [0.1, 0.15) is 0 Å². The highest BCUT2D eigenvalue weighted by molar-refractivity contribution is 6.65. The topological polar surface area (TPSA) is 84.5 Å². The molecule has 0 aliphatic heterocycles. The van der Waals surface area contributed by atoms with Gasteiger partial charge in [-0.1, -0.05) is 0 Å². The summed E-state index contributed by atoms with van der Waals surface area (Å²) in [6.45, 7) is 3.75. The van der Waals surface area contributed by atoms with Crippen molar-refractivity contribution < 1.29 is 31.7 Å². The molecule has 0 aliphatic rings. The van der Waals surface area contributed by atoms with Gasteiger partial charge in [-0.3, -0.25) is 4.79 Å². The summed E-state index contributed by atoms with van der Waals surface area (Å²) in [6.07, 6.45) is 1.96. The van der Waals surface area contributed by atoms with E-state index in [2.05, 4.69) is 5.32 Å². The van der Waals surface area contributed by atoms with Crippen LogP contribution in [0.5, 0.6) is 0 Å². The van der Waals surface area contributed by atoms with Crippen LogP contribution >= 0.6 is 0 Å². The second kappa shape index (κ2) is 13.8. The highest BCUT2D eigenvalue weighted by Gasteiger charge is 2.36.